The Morgan fingerprint density at radius 1 is 0.338 bits per heavy atom. The number of furan rings is 1. The summed E-state index contributed by atoms with van der Waals surface area (Å²) in [4.78, 5) is 16.2. The van der Waals surface area contributed by atoms with E-state index in [-0.39, 0.29) is 0 Å². The molecule has 0 radical (unpaired) electrons. The van der Waals surface area contributed by atoms with Gasteiger partial charge in [-0.2, -0.15) is 0 Å². The maximum Gasteiger partial charge on any atom is 0.166 e. The van der Waals surface area contributed by atoms with Crippen LogP contribution in [0.5, 0.6) is 0 Å². The SMILES string of the molecule is c1ccc(-c2cccc(-c3nc(-c4ccc5c(c4)oc4ccccc45)nc(-c4cc5c(cc4-n4c6ccccc6c6cc7ccccc7cc64)sc4cc6ccccc6cc45)n3)c2)cc1. The van der Waals surface area contributed by atoms with Crippen LogP contribution in [0.15, 0.2) is 211 Å². The van der Waals surface area contributed by atoms with Crippen LogP contribution in [0.25, 0.3) is 136 Å². The molecule has 0 N–H and O–H groups in total. The molecular weight excluding hydrogens is 813 g/mol. The molecule has 0 aliphatic rings. The molecule has 0 saturated carbocycles. The lowest BCUT2D eigenvalue weighted by Gasteiger charge is -2.16. The standard InChI is InChI=1S/C59H34N4OS/c1-2-13-35(14-3-1)36-19-12-20-41(27-36)57-60-58(42-25-26-45-44-22-9-11-24-53(44)64-54(45)31-42)62-59(61-57)49-33-48-47-29-38-16-5-7-18-40(38)32-55(47)65-56(48)34-52(49)63-50-23-10-8-21-43(50)46-28-37-15-4-6-17-39(37)30-51(46)63/h1-34H. The van der Waals surface area contributed by atoms with Crippen molar-refractivity contribution >= 4 is 96.8 Å². The zero-order valence-electron chi connectivity index (χ0n) is 34.7. The molecule has 0 saturated heterocycles. The van der Waals surface area contributed by atoms with Gasteiger partial charge < -0.3 is 8.98 Å². The summed E-state index contributed by atoms with van der Waals surface area (Å²) in [5, 5.41) is 11.7. The summed E-state index contributed by atoms with van der Waals surface area (Å²) >= 11 is 1.83. The molecule has 65 heavy (non-hydrogen) atoms. The quantitative estimate of drug-likeness (QED) is 0.173. The predicted molar refractivity (Wildman–Crippen MR) is 271 cm³/mol. The zero-order valence-corrected chi connectivity index (χ0v) is 35.6. The van der Waals surface area contributed by atoms with Crippen molar-refractivity contribution in [2.45, 2.75) is 0 Å². The van der Waals surface area contributed by atoms with Gasteiger partial charge in [-0.05, 0) is 99.4 Å². The summed E-state index contributed by atoms with van der Waals surface area (Å²) in [6.45, 7) is 0. The molecule has 14 aromatic rings. The van der Waals surface area contributed by atoms with Gasteiger partial charge in [0.25, 0.3) is 0 Å². The van der Waals surface area contributed by atoms with Crippen LogP contribution < -0.4 is 0 Å². The van der Waals surface area contributed by atoms with Crippen LogP contribution in [0.2, 0.25) is 0 Å². The molecule has 6 heteroatoms. The summed E-state index contributed by atoms with van der Waals surface area (Å²) in [6.07, 6.45) is 0. The highest BCUT2D eigenvalue weighted by Crippen LogP contribution is 2.44. The van der Waals surface area contributed by atoms with E-state index in [0.29, 0.717) is 17.5 Å². The maximum atomic E-state index is 6.43. The van der Waals surface area contributed by atoms with Gasteiger partial charge >= 0.3 is 0 Å². The lowest BCUT2D eigenvalue weighted by molar-refractivity contribution is 0.669. The first kappa shape index (κ1) is 36.1. The summed E-state index contributed by atoms with van der Waals surface area (Å²) in [7, 11) is 0. The topological polar surface area (TPSA) is 56.7 Å². The Hall–Kier alpha value is -8.45. The average Bonchev–Trinajstić information content (AvgIpc) is 4.02. The van der Waals surface area contributed by atoms with Gasteiger partial charge in [-0.15, -0.1) is 11.3 Å². The van der Waals surface area contributed by atoms with Crippen LogP contribution in [0, 0.1) is 0 Å². The minimum absolute atomic E-state index is 0.568. The largest absolute Gasteiger partial charge is 0.456 e. The third-order valence-electron chi connectivity index (χ3n) is 13.0. The highest BCUT2D eigenvalue weighted by molar-refractivity contribution is 7.26. The second-order valence-corrected chi connectivity index (χ2v) is 17.9. The molecule has 14 rings (SSSR count). The van der Waals surface area contributed by atoms with E-state index in [2.05, 4.69) is 187 Å². The van der Waals surface area contributed by atoms with E-state index in [9.17, 15) is 0 Å². The number of fused-ring (bicyclic) bond motifs is 11. The number of hydrogen-bond donors (Lipinski definition) is 0. The minimum Gasteiger partial charge on any atom is -0.456 e. The Labute approximate surface area is 376 Å². The van der Waals surface area contributed by atoms with Crippen LogP contribution in [-0.4, -0.2) is 19.5 Å². The number of nitrogens with zero attached hydrogens (tertiary/aromatic N) is 4. The van der Waals surface area contributed by atoms with Crippen LogP contribution in [-0.2, 0) is 0 Å². The van der Waals surface area contributed by atoms with E-state index < -0.39 is 0 Å². The van der Waals surface area contributed by atoms with E-state index >= 15 is 0 Å². The third kappa shape index (κ3) is 5.74. The van der Waals surface area contributed by atoms with Gasteiger partial charge in [0.1, 0.15) is 11.2 Å². The minimum atomic E-state index is 0.568. The molecule has 0 aliphatic carbocycles. The number of para-hydroxylation sites is 2. The van der Waals surface area contributed by atoms with Crippen molar-refractivity contribution in [3.63, 3.8) is 0 Å². The normalized spacial score (nSPS) is 12.0. The van der Waals surface area contributed by atoms with Gasteiger partial charge in [0.2, 0.25) is 0 Å². The second kappa shape index (κ2) is 14.0. The van der Waals surface area contributed by atoms with E-state index in [1.165, 1.54) is 52.5 Å². The summed E-state index contributed by atoms with van der Waals surface area (Å²) in [5.74, 6) is 1.74. The number of rotatable bonds is 5. The Morgan fingerprint density at radius 2 is 0.923 bits per heavy atom. The number of hydrogen-bond acceptors (Lipinski definition) is 5. The molecule has 302 valence electrons. The van der Waals surface area contributed by atoms with Crippen molar-refractivity contribution in [2.75, 3.05) is 0 Å². The fourth-order valence-electron chi connectivity index (χ4n) is 9.86. The molecule has 0 unspecified atom stereocenters. The first-order chi connectivity index (χ1) is 32.2. The summed E-state index contributed by atoms with van der Waals surface area (Å²) < 4.78 is 11.3. The van der Waals surface area contributed by atoms with Gasteiger partial charge in [0.05, 0.1) is 16.7 Å². The molecule has 0 bridgehead atoms. The summed E-state index contributed by atoms with van der Waals surface area (Å²) in [6, 6.07) is 73.4. The van der Waals surface area contributed by atoms with Gasteiger partial charge in [0.15, 0.2) is 17.5 Å². The van der Waals surface area contributed by atoms with E-state index in [1.54, 1.807) is 0 Å². The molecule has 0 aliphatic heterocycles. The third-order valence-corrected chi connectivity index (χ3v) is 14.1. The monoisotopic (exact) mass is 846 g/mol. The molecule has 0 fully saturated rings. The van der Waals surface area contributed by atoms with Gasteiger partial charge in [-0.3, -0.25) is 0 Å². The fourth-order valence-corrected chi connectivity index (χ4v) is 11.0. The average molecular weight is 847 g/mol. The molecule has 4 heterocycles. The van der Waals surface area contributed by atoms with Crippen molar-refractivity contribution in [1.82, 2.24) is 19.5 Å². The Kier molecular flexibility index (Phi) is 7.79. The molecule has 0 atom stereocenters. The Morgan fingerprint density at radius 3 is 1.74 bits per heavy atom. The number of aromatic nitrogens is 4. The van der Waals surface area contributed by atoms with E-state index in [4.69, 9.17) is 19.4 Å². The molecular formula is C59H34N4OS. The van der Waals surface area contributed by atoms with Crippen molar-refractivity contribution < 1.29 is 4.42 Å². The Balaban J connectivity index is 1.09. The first-order valence-electron chi connectivity index (χ1n) is 21.8. The van der Waals surface area contributed by atoms with E-state index in [0.717, 1.165) is 66.5 Å². The number of thiophene rings is 1. The van der Waals surface area contributed by atoms with E-state index in [1.807, 2.05) is 35.6 Å². The lowest BCUT2D eigenvalue weighted by atomic mass is 10.0. The second-order valence-electron chi connectivity index (χ2n) is 16.8. The highest BCUT2D eigenvalue weighted by atomic mass is 32.1. The van der Waals surface area contributed by atoms with Gasteiger partial charge in [-0.25, -0.2) is 15.0 Å². The van der Waals surface area contributed by atoms with Crippen LogP contribution >= 0.6 is 11.3 Å². The predicted octanol–water partition coefficient (Wildman–Crippen LogP) is 16.2. The van der Waals surface area contributed by atoms with Gasteiger partial charge in [-0.1, -0.05) is 140 Å². The van der Waals surface area contributed by atoms with Crippen LogP contribution in [0.3, 0.4) is 0 Å². The summed E-state index contributed by atoms with van der Waals surface area (Å²) in [5.41, 5.74) is 9.76. The molecule has 10 aromatic carbocycles. The maximum absolute atomic E-state index is 6.43. The van der Waals surface area contributed by atoms with Crippen molar-refractivity contribution in [3.8, 4) is 51.0 Å². The number of benzene rings is 10. The molecule has 4 aromatic heterocycles. The molecule has 0 amide bonds. The Bertz CT molecular complexity index is 4260. The highest BCUT2D eigenvalue weighted by Gasteiger charge is 2.23. The van der Waals surface area contributed by atoms with Crippen LogP contribution in [0.1, 0.15) is 0 Å². The molecule has 5 nitrogen and oxygen atoms in total. The zero-order chi connectivity index (χ0) is 42.6. The lowest BCUT2D eigenvalue weighted by Crippen LogP contribution is -2.04. The molecule has 0 spiro atoms. The van der Waals surface area contributed by atoms with Gasteiger partial charge in [0, 0.05) is 58.4 Å². The smallest absolute Gasteiger partial charge is 0.166 e. The van der Waals surface area contributed by atoms with Crippen molar-refractivity contribution in [1.29, 1.82) is 0 Å². The first-order valence-corrected chi connectivity index (χ1v) is 22.6. The fraction of sp³-hybridized carbons (Fsp3) is 0. The van der Waals surface area contributed by atoms with Crippen molar-refractivity contribution in [3.05, 3.63) is 206 Å². The van der Waals surface area contributed by atoms with Crippen molar-refractivity contribution in [2.24, 2.45) is 0 Å². The van der Waals surface area contributed by atoms with Crippen LogP contribution in [0.4, 0.5) is 0 Å².